The minimum atomic E-state index is -0.318. The molecule has 3 rings (SSSR count). The van der Waals surface area contributed by atoms with Crippen molar-refractivity contribution in [1.82, 2.24) is 15.3 Å². The van der Waals surface area contributed by atoms with E-state index >= 15 is 0 Å². The summed E-state index contributed by atoms with van der Waals surface area (Å²) in [5.74, 6) is 1.21. The number of aromatic nitrogens is 2. The Morgan fingerprint density at radius 2 is 2.00 bits per heavy atom. The number of aryl methyl sites for hydroxylation is 1. The van der Waals surface area contributed by atoms with Gasteiger partial charge in [0.15, 0.2) is 0 Å². The van der Waals surface area contributed by atoms with Crippen LogP contribution < -0.4 is 15.4 Å². The van der Waals surface area contributed by atoms with Gasteiger partial charge in [-0.05, 0) is 42.3 Å². The topological polar surface area (TPSA) is 76.1 Å². The molecule has 0 unspecified atom stereocenters. The molecule has 6 heteroatoms. The molecule has 0 aliphatic heterocycles. The summed E-state index contributed by atoms with van der Waals surface area (Å²) in [4.78, 5) is 20.3. The molecule has 2 N–H and O–H groups in total. The fourth-order valence-electron chi connectivity index (χ4n) is 2.31. The number of nitrogens with zero attached hydrogens (tertiary/aromatic N) is 2. The molecule has 2 heterocycles. The molecule has 0 fully saturated rings. The van der Waals surface area contributed by atoms with E-state index in [0.29, 0.717) is 18.1 Å². The van der Waals surface area contributed by atoms with Crippen LogP contribution in [0.25, 0.3) is 0 Å². The van der Waals surface area contributed by atoms with Crippen LogP contribution in [-0.2, 0) is 13.0 Å². The van der Waals surface area contributed by atoms with Crippen LogP contribution >= 0.6 is 0 Å². The van der Waals surface area contributed by atoms with E-state index in [1.807, 2.05) is 36.4 Å². The molecular formula is C20H20N4O2. The second kappa shape index (κ2) is 8.62. The molecule has 0 aliphatic rings. The van der Waals surface area contributed by atoms with Crippen molar-refractivity contribution >= 4 is 11.7 Å². The summed E-state index contributed by atoms with van der Waals surface area (Å²) in [6.45, 7) is 2.45. The van der Waals surface area contributed by atoms with Gasteiger partial charge in [0.2, 0.25) is 5.88 Å². The Morgan fingerprint density at radius 3 is 2.73 bits per heavy atom. The van der Waals surface area contributed by atoms with Gasteiger partial charge in [-0.25, -0.2) is 9.78 Å². The van der Waals surface area contributed by atoms with Crippen LogP contribution in [0.3, 0.4) is 0 Å². The Bertz CT molecular complexity index is 851. The highest BCUT2D eigenvalue weighted by Crippen LogP contribution is 2.21. The van der Waals surface area contributed by atoms with E-state index in [-0.39, 0.29) is 6.03 Å². The summed E-state index contributed by atoms with van der Waals surface area (Å²) in [5.41, 5.74) is 2.57. The van der Waals surface area contributed by atoms with E-state index in [1.54, 1.807) is 24.5 Å². The highest BCUT2D eigenvalue weighted by molar-refractivity contribution is 5.88. The number of amides is 2. The van der Waals surface area contributed by atoms with Crippen LogP contribution in [-0.4, -0.2) is 16.0 Å². The Kier molecular flexibility index (Phi) is 5.77. The molecule has 0 saturated heterocycles. The molecule has 1 aromatic carbocycles. The standard InChI is InChI=1S/C20H20N4O2/c1-2-15-6-5-8-18(12-15)26-19-10-9-17(14-22-19)24-20(25)23-13-16-7-3-4-11-21-16/h3-12,14H,2,13H2,1H3,(H2,23,24,25). The lowest BCUT2D eigenvalue weighted by Gasteiger charge is -2.09. The molecule has 26 heavy (non-hydrogen) atoms. The van der Waals surface area contributed by atoms with Crippen molar-refractivity contribution in [2.24, 2.45) is 0 Å². The minimum absolute atomic E-state index is 0.318. The lowest BCUT2D eigenvalue weighted by atomic mass is 10.2. The van der Waals surface area contributed by atoms with Gasteiger partial charge < -0.3 is 15.4 Å². The van der Waals surface area contributed by atoms with Crippen LogP contribution in [0, 0.1) is 0 Å². The van der Waals surface area contributed by atoms with Gasteiger partial charge in [-0.3, -0.25) is 4.98 Å². The quantitative estimate of drug-likeness (QED) is 0.701. The van der Waals surface area contributed by atoms with Gasteiger partial charge in [0.25, 0.3) is 0 Å². The van der Waals surface area contributed by atoms with Crippen LogP contribution in [0.1, 0.15) is 18.2 Å². The van der Waals surface area contributed by atoms with Crippen molar-refractivity contribution in [3.8, 4) is 11.6 Å². The van der Waals surface area contributed by atoms with E-state index in [2.05, 4.69) is 33.6 Å². The first-order valence-corrected chi connectivity index (χ1v) is 8.40. The maximum absolute atomic E-state index is 11.9. The van der Waals surface area contributed by atoms with E-state index in [0.717, 1.165) is 17.9 Å². The first kappa shape index (κ1) is 17.4. The lowest BCUT2D eigenvalue weighted by molar-refractivity contribution is 0.251. The number of nitrogens with one attached hydrogen (secondary N) is 2. The van der Waals surface area contributed by atoms with E-state index in [9.17, 15) is 4.79 Å². The molecule has 2 amide bonds. The summed E-state index contributed by atoms with van der Waals surface area (Å²) < 4.78 is 5.74. The fourth-order valence-corrected chi connectivity index (χ4v) is 2.31. The average Bonchev–Trinajstić information content (AvgIpc) is 2.69. The summed E-state index contributed by atoms with van der Waals surface area (Å²) >= 11 is 0. The van der Waals surface area contributed by atoms with Crippen LogP contribution in [0.4, 0.5) is 10.5 Å². The van der Waals surface area contributed by atoms with Crippen molar-refractivity contribution in [2.45, 2.75) is 19.9 Å². The third-order valence-electron chi connectivity index (χ3n) is 3.68. The van der Waals surface area contributed by atoms with Gasteiger partial charge in [-0.15, -0.1) is 0 Å². The predicted molar refractivity (Wildman–Crippen MR) is 100 cm³/mol. The summed E-state index contributed by atoms with van der Waals surface area (Å²) in [5, 5.41) is 5.47. The number of ether oxygens (including phenoxy) is 1. The zero-order chi connectivity index (χ0) is 18.2. The second-order valence-corrected chi connectivity index (χ2v) is 5.62. The first-order chi connectivity index (χ1) is 12.7. The predicted octanol–water partition coefficient (Wildman–Crippen LogP) is 4.15. The summed E-state index contributed by atoms with van der Waals surface area (Å²) in [6.07, 6.45) is 4.19. The van der Waals surface area contributed by atoms with Crippen molar-refractivity contribution in [3.63, 3.8) is 0 Å². The van der Waals surface area contributed by atoms with Gasteiger partial charge in [-0.1, -0.05) is 25.1 Å². The molecule has 0 aliphatic carbocycles. The number of benzene rings is 1. The SMILES string of the molecule is CCc1cccc(Oc2ccc(NC(=O)NCc3ccccn3)cn2)c1. The monoisotopic (exact) mass is 348 g/mol. The largest absolute Gasteiger partial charge is 0.439 e. The number of hydrogen-bond acceptors (Lipinski definition) is 4. The molecule has 132 valence electrons. The summed E-state index contributed by atoms with van der Waals surface area (Å²) in [7, 11) is 0. The fraction of sp³-hybridized carbons (Fsp3) is 0.150. The Morgan fingerprint density at radius 1 is 1.08 bits per heavy atom. The maximum Gasteiger partial charge on any atom is 0.319 e. The number of urea groups is 1. The van der Waals surface area contributed by atoms with Crippen molar-refractivity contribution in [1.29, 1.82) is 0 Å². The van der Waals surface area contributed by atoms with Crippen LogP contribution in [0.15, 0.2) is 67.0 Å². The lowest BCUT2D eigenvalue weighted by Crippen LogP contribution is -2.28. The number of hydrogen-bond donors (Lipinski definition) is 2. The summed E-state index contributed by atoms with van der Waals surface area (Å²) in [6, 6.07) is 16.6. The molecule has 3 aromatic rings. The average molecular weight is 348 g/mol. The number of anilines is 1. The Labute approximate surface area is 152 Å². The number of carbonyl (C=O) groups is 1. The number of carbonyl (C=O) groups excluding carboxylic acids is 1. The molecular weight excluding hydrogens is 328 g/mol. The van der Waals surface area contributed by atoms with Crippen molar-refractivity contribution in [3.05, 3.63) is 78.2 Å². The van der Waals surface area contributed by atoms with E-state index < -0.39 is 0 Å². The van der Waals surface area contributed by atoms with Crippen molar-refractivity contribution < 1.29 is 9.53 Å². The van der Waals surface area contributed by atoms with Gasteiger partial charge in [0.05, 0.1) is 24.1 Å². The third-order valence-corrected chi connectivity index (χ3v) is 3.68. The molecule has 0 spiro atoms. The normalized spacial score (nSPS) is 10.2. The van der Waals surface area contributed by atoms with E-state index in [1.165, 1.54) is 5.56 Å². The molecule has 0 atom stereocenters. The minimum Gasteiger partial charge on any atom is -0.439 e. The number of pyridine rings is 2. The highest BCUT2D eigenvalue weighted by Gasteiger charge is 2.04. The Balaban J connectivity index is 1.53. The highest BCUT2D eigenvalue weighted by atomic mass is 16.5. The van der Waals surface area contributed by atoms with Gasteiger partial charge in [0, 0.05) is 12.3 Å². The van der Waals surface area contributed by atoms with Crippen molar-refractivity contribution in [2.75, 3.05) is 5.32 Å². The van der Waals surface area contributed by atoms with Gasteiger partial charge >= 0.3 is 6.03 Å². The zero-order valence-electron chi connectivity index (χ0n) is 14.5. The third kappa shape index (κ3) is 5.04. The molecule has 0 saturated carbocycles. The molecule has 6 nitrogen and oxygen atoms in total. The zero-order valence-corrected chi connectivity index (χ0v) is 14.5. The smallest absolute Gasteiger partial charge is 0.319 e. The van der Waals surface area contributed by atoms with Gasteiger partial charge in [-0.2, -0.15) is 0 Å². The van der Waals surface area contributed by atoms with E-state index in [4.69, 9.17) is 4.74 Å². The Hall–Kier alpha value is -3.41. The molecule has 2 aromatic heterocycles. The van der Waals surface area contributed by atoms with Gasteiger partial charge in [0.1, 0.15) is 5.75 Å². The second-order valence-electron chi connectivity index (χ2n) is 5.62. The maximum atomic E-state index is 11.9. The van der Waals surface area contributed by atoms with Crippen LogP contribution in [0.2, 0.25) is 0 Å². The molecule has 0 radical (unpaired) electrons. The number of rotatable bonds is 6. The first-order valence-electron chi connectivity index (χ1n) is 8.40. The van der Waals surface area contributed by atoms with Crippen LogP contribution in [0.5, 0.6) is 11.6 Å². The molecule has 0 bridgehead atoms.